The third-order valence-electron chi connectivity index (χ3n) is 8.03. The van der Waals surface area contributed by atoms with Crippen molar-refractivity contribution in [2.45, 2.75) is 39.9 Å². The van der Waals surface area contributed by atoms with E-state index in [1.54, 1.807) is 0 Å². The summed E-state index contributed by atoms with van der Waals surface area (Å²) in [5.74, 6) is 1.49. The predicted octanol–water partition coefficient (Wildman–Crippen LogP) is 11.6. The molecule has 6 rings (SSSR count). The van der Waals surface area contributed by atoms with Crippen LogP contribution in [0.2, 0.25) is 0 Å². The van der Waals surface area contributed by atoms with Gasteiger partial charge in [0.1, 0.15) is 11.5 Å². The van der Waals surface area contributed by atoms with Crippen LogP contribution < -0.4 is 19.3 Å². The van der Waals surface area contributed by atoms with Crippen molar-refractivity contribution in [1.82, 2.24) is 0 Å². The molecule has 0 aromatic heterocycles. The molecule has 0 aliphatic carbocycles. The first-order chi connectivity index (χ1) is 22.6. The average Bonchev–Trinajstić information content (AvgIpc) is 3.11. The van der Waals surface area contributed by atoms with Gasteiger partial charge in [-0.25, -0.2) is 0 Å². The van der Waals surface area contributed by atoms with Crippen molar-refractivity contribution in [1.29, 1.82) is 0 Å². The van der Waals surface area contributed by atoms with Crippen molar-refractivity contribution >= 4 is 34.1 Å². The van der Waals surface area contributed by atoms with E-state index in [0.717, 1.165) is 58.5 Å². The number of rotatable bonds is 12. The lowest BCUT2D eigenvalue weighted by molar-refractivity contribution is 0.0223. The van der Waals surface area contributed by atoms with Gasteiger partial charge in [-0.05, 0) is 121 Å². The number of anilines is 6. The molecule has 0 bridgehead atoms. The van der Waals surface area contributed by atoms with E-state index in [4.69, 9.17) is 9.47 Å². The van der Waals surface area contributed by atoms with Crippen molar-refractivity contribution in [3.63, 3.8) is 0 Å². The van der Waals surface area contributed by atoms with Gasteiger partial charge in [-0.15, -0.1) is 0 Å². The summed E-state index contributed by atoms with van der Waals surface area (Å²) in [4.78, 5) is 4.50. The van der Waals surface area contributed by atoms with Crippen LogP contribution in [0.25, 0.3) is 0 Å². The second-order valence-corrected chi connectivity index (χ2v) is 11.2. The monoisotopic (exact) mass is 604 g/mol. The Bertz CT molecular complexity index is 1650. The van der Waals surface area contributed by atoms with E-state index in [-0.39, 0.29) is 0 Å². The molecule has 0 N–H and O–H groups in total. The largest absolute Gasteiger partial charge is 0.455 e. The van der Waals surface area contributed by atoms with Gasteiger partial charge in [0.05, 0.1) is 0 Å². The average molecular weight is 605 g/mol. The van der Waals surface area contributed by atoms with E-state index >= 15 is 0 Å². The molecule has 46 heavy (non-hydrogen) atoms. The molecule has 0 radical (unpaired) electrons. The first-order valence-corrected chi connectivity index (χ1v) is 16.0. The van der Waals surface area contributed by atoms with Crippen LogP contribution in [-0.2, 0) is 12.8 Å². The molecule has 6 aromatic carbocycles. The molecule has 0 aliphatic heterocycles. The highest BCUT2D eigenvalue weighted by atomic mass is 16.7. The molecule has 0 amide bonds. The normalized spacial score (nSPS) is 10.9. The summed E-state index contributed by atoms with van der Waals surface area (Å²) in [6, 6.07) is 54.7. The molecule has 0 aliphatic rings. The topological polar surface area (TPSA) is 24.9 Å². The van der Waals surface area contributed by atoms with E-state index in [0.29, 0.717) is 0 Å². The molecule has 0 atom stereocenters. The summed E-state index contributed by atoms with van der Waals surface area (Å²) in [6.45, 7) is 6.27. The lowest BCUT2D eigenvalue weighted by atomic mass is 10.1. The molecule has 4 nitrogen and oxygen atoms in total. The zero-order valence-electron chi connectivity index (χ0n) is 26.7. The molecule has 4 heteroatoms. The summed E-state index contributed by atoms with van der Waals surface area (Å²) in [6.07, 6.45) is 1.55. The highest BCUT2D eigenvalue weighted by Gasteiger charge is 2.15. The maximum atomic E-state index is 6.18. The Morgan fingerprint density at radius 1 is 0.391 bits per heavy atom. The second-order valence-electron chi connectivity index (χ2n) is 11.2. The summed E-state index contributed by atoms with van der Waals surface area (Å²) < 4.78 is 12.4. The van der Waals surface area contributed by atoms with E-state index in [1.807, 2.05) is 43.3 Å². The molecule has 0 spiro atoms. The summed E-state index contributed by atoms with van der Waals surface area (Å²) >= 11 is 0. The van der Waals surface area contributed by atoms with Gasteiger partial charge >= 0.3 is 0 Å². The summed E-state index contributed by atoms with van der Waals surface area (Å²) in [7, 11) is 0. The quantitative estimate of drug-likeness (QED) is 0.130. The fraction of sp³-hybridized carbons (Fsp3) is 0.143. The molecule has 0 saturated heterocycles. The Balaban J connectivity index is 1.15. The van der Waals surface area contributed by atoms with Gasteiger partial charge < -0.3 is 19.3 Å². The maximum Gasteiger partial charge on any atom is 0.238 e. The van der Waals surface area contributed by atoms with E-state index in [9.17, 15) is 0 Å². The van der Waals surface area contributed by atoms with Crippen molar-refractivity contribution in [3.8, 4) is 11.5 Å². The van der Waals surface area contributed by atoms with Gasteiger partial charge in [0, 0.05) is 41.0 Å². The lowest BCUT2D eigenvalue weighted by Gasteiger charge is -2.26. The minimum atomic E-state index is -0.477. The smallest absolute Gasteiger partial charge is 0.238 e. The van der Waals surface area contributed by atoms with E-state index in [1.165, 1.54) is 11.1 Å². The van der Waals surface area contributed by atoms with Crippen molar-refractivity contribution in [2.24, 2.45) is 0 Å². The second kappa shape index (κ2) is 14.5. The zero-order valence-corrected chi connectivity index (χ0v) is 26.7. The third kappa shape index (κ3) is 7.24. The minimum absolute atomic E-state index is 0.477. The Morgan fingerprint density at radius 3 is 0.978 bits per heavy atom. The SMILES string of the molecule is CCc1ccc(N(c2ccccc2)c2ccc(OC(C)Oc3ccc(N(c4ccccc4)c4ccc(CC)cc4)cc3)cc2)cc1. The van der Waals surface area contributed by atoms with Crippen LogP contribution >= 0.6 is 0 Å². The molecular weight excluding hydrogens is 564 g/mol. The Kier molecular flexibility index (Phi) is 9.65. The Labute approximate surface area is 273 Å². The number of benzene rings is 6. The first kappa shape index (κ1) is 30.5. The van der Waals surface area contributed by atoms with Crippen LogP contribution in [0.5, 0.6) is 11.5 Å². The highest BCUT2D eigenvalue weighted by Crippen LogP contribution is 2.37. The standard InChI is InChI=1S/C42H40N2O2/c1-4-33-16-20-37(21-17-33)43(35-12-8-6-9-13-35)39-24-28-41(29-25-39)45-32(3)46-42-30-26-40(27-31-42)44(36-14-10-7-11-15-36)38-22-18-34(5-2)19-23-38/h6-32H,4-5H2,1-3H3. The van der Waals surface area contributed by atoms with Gasteiger partial charge in [0.15, 0.2) is 0 Å². The number of aryl methyl sites for hydroxylation is 2. The molecule has 0 fully saturated rings. The number of hydrogen-bond acceptors (Lipinski definition) is 4. The van der Waals surface area contributed by atoms with Gasteiger partial charge in [0.2, 0.25) is 6.29 Å². The fourth-order valence-electron chi connectivity index (χ4n) is 5.56. The molecule has 0 saturated carbocycles. The highest BCUT2D eigenvalue weighted by molar-refractivity contribution is 5.78. The van der Waals surface area contributed by atoms with Crippen molar-refractivity contribution in [3.05, 3.63) is 169 Å². The van der Waals surface area contributed by atoms with Crippen LogP contribution in [-0.4, -0.2) is 6.29 Å². The van der Waals surface area contributed by atoms with Crippen LogP contribution in [0.3, 0.4) is 0 Å². The zero-order chi connectivity index (χ0) is 31.7. The number of nitrogens with zero attached hydrogens (tertiary/aromatic N) is 2. The lowest BCUT2D eigenvalue weighted by Crippen LogP contribution is -2.19. The minimum Gasteiger partial charge on any atom is -0.455 e. The molecule has 0 unspecified atom stereocenters. The van der Waals surface area contributed by atoms with Gasteiger partial charge in [-0.1, -0.05) is 74.5 Å². The number of hydrogen-bond donors (Lipinski definition) is 0. The molecule has 6 aromatic rings. The third-order valence-corrected chi connectivity index (χ3v) is 8.03. The Morgan fingerprint density at radius 2 is 0.674 bits per heavy atom. The summed E-state index contributed by atoms with van der Waals surface area (Å²) in [5, 5.41) is 0. The van der Waals surface area contributed by atoms with Gasteiger partial charge in [0.25, 0.3) is 0 Å². The van der Waals surface area contributed by atoms with Gasteiger partial charge in [-0.3, -0.25) is 0 Å². The van der Waals surface area contributed by atoms with Crippen LogP contribution in [0.15, 0.2) is 158 Å². The predicted molar refractivity (Wildman–Crippen MR) is 192 cm³/mol. The van der Waals surface area contributed by atoms with E-state index < -0.39 is 6.29 Å². The van der Waals surface area contributed by atoms with Gasteiger partial charge in [-0.2, -0.15) is 0 Å². The van der Waals surface area contributed by atoms with Crippen LogP contribution in [0.4, 0.5) is 34.1 Å². The molecular formula is C42H40N2O2. The fourth-order valence-corrected chi connectivity index (χ4v) is 5.56. The van der Waals surface area contributed by atoms with Crippen molar-refractivity contribution < 1.29 is 9.47 Å². The van der Waals surface area contributed by atoms with Crippen molar-refractivity contribution in [2.75, 3.05) is 9.80 Å². The number of ether oxygens (including phenoxy) is 2. The van der Waals surface area contributed by atoms with E-state index in [2.05, 4.69) is 145 Å². The van der Waals surface area contributed by atoms with Crippen LogP contribution in [0, 0.1) is 0 Å². The van der Waals surface area contributed by atoms with Crippen LogP contribution in [0.1, 0.15) is 31.9 Å². The number of para-hydroxylation sites is 2. The molecule has 230 valence electrons. The summed E-state index contributed by atoms with van der Waals surface area (Å²) in [5.41, 5.74) is 9.17. The Hall–Kier alpha value is -5.48. The molecule has 0 heterocycles. The maximum absolute atomic E-state index is 6.18. The first-order valence-electron chi connectivity index (χ1n) is 16.0.